The van der Waals surface area contributed by atoms with E-state index in [1.54, 1.807) is 13.0 Å². The number of carbonyl (C=O) groups excluding carboxylic acids is 3. The maximum absolute atomic E-state index is 12.2. The Hall–Kier alpha value is -2.95. The van der Waals surface area contributed by atoms with E-state index in [0.29, 0.717) is 0 Å². The molecule has 0 aliphatic heterocycles. The lowest BCUT2D eigenvalue weighted by Gasteiger charge is -2.16. The monoisotopic (exact) mass is 368 g/mol. The number of hydrogen-bond acceptors (Lipinski definition) is 5. The zero-order valence-electron chi connectivity index (χ0n) is 15.9. The molecule has 0 spiro atoms. The largest absolute Gasteiger partial charge is 0.465 e. The molecule has 0 bridgehead atoms. The minimum absolute atomic E-state index is 0.0743. The molecule has 0 aromatic heterocycles. The molecule has 0 amide bonds. The second-order valence-electron chi connectivity index (χ2n) is 6.21. The molecule has 2 aromatic carbocycles. The number of rotatable bonds is 8. The van der Waals surface area contributed by atoms with Crippen LogP contribution in [0.4, 0.5) is 0 Å². The molecule has 0 saturated carbocycles. The molecule has 5 heteroatoms. The number of ether oxygens (including phenoxy) is 2. The molecule has 1 atom stereocenters. The maximum atomic E-state index is 12.2. The van der Waals surface area contributed by atoms with Crippen LogP contribution in [-0.4, -0.2) is 30.9 Å². The highest BCUT2D eigenvalue weighted by molar-refractivity contribution is 5.99. The first kappa shape index (κ1) is 20.4. The van der Waals surface area contributed by atoms with E-state index >= 15 is 0 Å². The number of Topliss-reactive ketones (excluding diaryl/α,β-unsaturated/α-hetero) is 1. The summed E-state index contributed by atoms with van der Waals surface area (Å²) < 4.78 is 10.1. The number of fused-ring (bicyclic) bond motifs is 1. The van der Waals surface area contributed by atoms with Gasteiger partial charge in [-0.2, -0.15) is 0 Å². The van der Waals surface area contributed by atoms with Crippen LogP contribution in [-0.2, 0) is 23.9 Å². The topological polar surface area (TPSA) is 69.7 Å². The van der Waals surface area contributed by atoms with E-state index in [2.05, 4.69) is 0 Å². The second kappa shape index (κ2) is 9.67. The van der Waals surface area contributed by atoms with E-state index < -0.39 is 17.9 Å². The molecule has 0 radical (unpaired) electrons. The van der Waals surface area contributed by atoms with Crippen LogP contribution in [0.3, 0.4) is 0 Å². The zero-order chi connectivity index (χ0) is 19.8. The highest BCUT2D eigenvalue weighted by atomic mass is 16.5. The van der Waals surface area contributed by atoms with Gasteiger partial charge in [-0.05, 0) is 54.3 Å². The van der Waals surface area contributed by atoms with Crippen molar-refractivity contribution in [1.29, 1.82) is 0 Å². The fourth-order valence-electron chi connectivity index (χ4n) is 2.82. The third-order valence-electron chi connectivity index (χ3n) is 4.22. The number of ketones is 1. The summed E-state index contributed by atoms with van der Waals surface area (Å²) in [5.41, 5.74) is 1.63. The van der Waals surface area contributed by atoms with Crippen LogP contribution < -0.4 is 0 Å². The maximum Gasteiger partial charge on any atom is 0.316 e. The van der Waals surface area contributed by atoms with E-state index in [1.165, 1.54) is 13.8 Å². The summed E-state index contributed by atoms with van der Waals surface area (Å²) in [6, 6.07) is 13.8. The smallest absolute Gasteiger partial charge is 0.316 e. The number of benzene rings is 2. The fourth-order valence-corrected chi connectivity index (χ4v) is 2.82. The van der Waals surface area contributed by atoms with Gasteiger partial charge >= 0.3 is 11.9 Å². The standard InChI is InChI=1S/C22H24O5/c1-4-26-22(25)21(15(2)23)14-20(11-12-27-16(3)24)19-10-9-17-7-5-6-8-18(17)13-19/h5-11,13,21H,4,12,14H2,1-3H3/b20-11-. The molecule has 0 heterocycles. The van der Waals surface area contributed by atoms with Gasteiger partial charge in [-0.15, -0.1) is 0 Å². The average molecular weight is 368 g/mol. The number of hydrogen-bond donors (Lipinski definition) is 0. The number of esters is 2. The van der Waals surface area contributed by atoms with Gasteiger partial charge in [0.2, 0.25) is 0 Å². The normalized spacial score (nSPS) is 12.5. The Labute approximate surface area is 159 Å². The van der Waals surface area contributed by atoms with Crippen molar-refractivity contribution in [2.24, 2.45) is 5.92 Å². The first-order valence-corrected chi connectivity index (χ1v) is 8.91. The van der Waals surface area contributed by atoms with Gasteiger partial charge in [-0.25, -0.2) is 0 Å². The van der Waals surface area contributed by atoms with Crippen LogP contribution in [0, 0.1) is 5.92 Å². The van der Waals surface area contributed by atoms with E-state index in [0.717, 1.165) is 21.9 Å². The van der Waals surface area contributed by atoms with Crippen molar-refractivity contribution >= 4 is 34.1 Å². The Morgan fingerprint density at radius 3 is 2.33 bits per heavy atom. The summed E-state index contributed by atoms with van der Waals surface area (Å²) in [6.45, 7) is 4.71. The van der Waals surface area contributed by atoms with Gasteiger partial charge in [0.05, 0.1) is 6.61 Å². The molecule has 0 N–H and O–H groups in total. The summed E-state index contributed by atoms with van der Waals surface area (Å²) >= 11 is 0. The molecule has 0 aliphatic carbocycles. The summed E-state index contributed by atoms with van der Waals surface area (Å²) in [5.74, 6) is -2.07. The Morgan fingerprint density at radius 2 is 1.70 bits per heavy atom. The Morgan fingerprint density at radius 1 is 1.00 bits per heavy atom. The zero-order valence-corrected chi connectivity index (χ0v) is 15.9. The third-order valence-corrected chi connectivity index (χ3v) is 4.22. The lowest BCUT2D eigenvalue weighted by atomic mass is 9.90. The minimum atomic E-state index is -0.889. The van der Waals surface area contributed by atoms with Gasteiger partial charge in [0.1, 0.15) is 18.3 Å². The molecule has 0 fully saturated rings. The van der Waals surface area contributed by atoms with Crippen molar-refractivity contribution in [2.45, 2.75) is 27.2 Å². The molecule has 5 nitrogen and oxygen atoms in total. The van der Waals surface area contributed by atoms with Crippen LogP contribution in [0.5, 0.6) is 0 Å². The number of allylic oxidation sites excluding steroid dienone is 1. The molecular formula is C22H24O5. The Bertz CT molecular complexity index is 866. The van der Waals surface area contributed by atoms with Gasteiger partial charge in [0.25, 0.3) is 0 Å². The summed E-state index contributed by atoms with van der Waals surface area (Å²) in [4.78, 5) is 35.3. The molecule has 142 valence electrons. The molecule has 1 unspecified atom stereocenters. The lowest BCUT2D eigenvalue weighted by Crippen LogP contribution is -2.24. The molecular weight excluding hydrogens is 344 g/mol. The molecule has 27 heavy (non-hydrogen) atoms. The summed E-state index contributed by atoms with van der Waals surface area (Å²) in [7, 11) is 0. The van der Waals surface area contributed by atoms with Gasteiger partial charge in [-0.3, -0.25) is 14.4 Å². The van der Waals surface area contributed by atoms with Crippen molar-refractivity contribution in [3.05, 3.63) is 54.1 Å². The van der Waals surface area contributed by atoms with Crippen molar-refractivity contribution < 1.29 is 23.9 Å². The quantitative estimate of drug-likeness (QED) is 0.521. The highest BCUT2D eigenvalue weighted by Gasteiger charge is 2.26. The van der Waals surface area contributed by atoms with Gasteiger partial charge < -0.3 is 9.47 Å². The minimum Gasteiger partial charge on any atom is -0.465 e. The Balaban J connectivity index is 2.38. The van der Waals surface area contributed by atoms with E-state index in [9.17, 15) is 14.4 Å². The van der Waals surface area contributed by atoms with Crippen LogP contribution in [0.25, 0.3) is 16.3 Å². The molecule has 0 aliphatic rings. The van der Waals surface area contributed by atoms with Crippen LogP contribution in [0.15, 0.2) is 48.5 Å². The third kappa shape index (κ3) is 5.78. The highest BCUT2D eigenvalue weighted by Crippen LogP contribution is 2.27. The molecule has 2 rings (SSSR count). The number of carbonyl (C=O) groups is 3. The second-order valence-corrected chi connectivity index (χ2v) is 6.21. The van der Waals surface area contributed by atoms with Crippen molar-refractivity contribution in [2.75, 3.05) is 13.2 Å². The summed E-state index contributed by atoms with van der Waals surface area (Å²) in [5, 5.41) is 2.14. The fraction of sp³-hybridized carbons (Fsp3) is 0.318. The lowest BCUT2D eigenvalue weighted by molar-refractivity contribution is -0.151. The average Bonchev–Trinajstić information content (AvgIpc) is 2.63. The van der Waals surface area contributed by atoms with Crippen LogP contribution in [0.2, 0.25) is 0 Å². The SMILES string of the molecule is CCOC(=O)C(C/C(=C/COC(C)=O)c1ccc2ccccc2c1)C(C)=O. The van der Waals surface area contributed by atoms with Crippen LogP contribution >= 0.6 is 0 Å². The van der Waals surface area contributed by atoms with Gasteiger partial charge in [0, 0.05) is 6.92 Å². The van der Waals surface area contributed by atoms with E-state index in [4.69, 9.17) is 9.47 Å². The van der Waals surface area contributed by atoms with Crippen molar-refractivity contribution in [1.82, 2.24) is 0 Å². The first-order chi connectivity index (χ1) is 12.9. The Kier molecular flexibility index (Phi) is 7.29. The van der Waals surface area contributed by atoms with Gasteiger partial charge in [-0.1, -0.05) is 36.4 Å². The molecule has 2 aromatic rings. The molecule has 0 saturated heterocycles. The van der Waals surface area contributed by atoms with E-state index in [1.807, 2.05) is 42.5 Å². The van der Waals surface area contributed by atoms with Gasteiger partial charge in [0.15, 0.2) is 0 Å². The summed E-state index contributed by atoms with van der Waals surface area (Å²) in [6.07, 6.45) is 1.93. The predicted molar refractivity (Wildman–Crippen MR) is 104 cm³/mol. The van der Waals surface area contributed by atoms with Crippen molar-refractivity contribution in [3.8, 4) is 0 Å². The van der Waals surface area contributed by atoms with Crippen molar-refractivity contribution in [3.63, 3.8) is 0 Å². The first-order valence-electron chi connectivity index (χ1n) is 8.91. The van der Waals surface area contributed by atoms with Crippen LogP contribution in [0.1, 0.15) is 32.8 Å². The van der Waals surface area contributed by atoms with E-state index in [-0.39, 0.29) is 25.4 Å². The predicted octanol–water partition coefficient (Wildman–Crippen LogP) is 3.94.